The number of hydrogen-bond donors (Lipinski definition) is 1. The van der Waals surface area contributed by atoms with Crippen molar-refractivity contribution in [2.45, 2.75) is 20.3 Å². The zero-order valence-corrected chi connectivity index (χ0v) is 10.8. The van der Waals surface area contributed by atoms with Gasteiger partial charge in [-0.05, 0) is 25.5 Å². The van der Waals surface area contributed by atoms with E-state index < -0.39 is 5.97 Å². The zero-order valence-electron chi connectivity index (χ0n) is 10.8. The van der Waals surface area contributed by atoms with Crippen LogP contribution in [0.25, 0.3) is 6.08 Å². The van der Waals surface area contributed by atoms with Crippen LogP contribution in [0, 0.1) is 6.92 Å². The topological polar surface area (TPSA) is 46.5 Å². The lowest BCUT2D eigenvalue weighted by Gasteiger charge is -2.12. The van der Waals surface area contributed by atoms with Crippen molar-refractivity contribution in [2.24, 2.45) is 0 Å². The van der Waals surface area contributed by atoms with E-state index in [9.17, 15) is 4.79 Å². The van der Waals surface area contributed by atoms with Gasteiger partial charge >= 0.3 is 5.97 Å². The summed E-state index contributed by atoms with van der Waals surface area (Å²) in [4.78, 5) is 10.5. The van der Waals surface area contributed by atoms with E-state index in [1.165, 1.54) is 0 Å². The van der Waals surface area contributed by atoms with Crippen LogP contribution in [0.15, 0.2) is 36.4 Å². The Labute approximate surface area is 107 Å². The van der Waals surface area contributed by atoms with Gasteiger partial charge in [-0.3, -0.25) is 0 Å². The van der Waals surface area contributed by atoms with Crippen molar-refractivity contribution in [3.8, 4) is 5.75 Å². The lowest BCUT2D eigenvalue weighted by Crippen LogP contribution is -2.01. The van der Waals surface area contributed by atoms with Gasteiger partial charge < -0.3 is 9.84 Å². The highest BCUT2D eigenvalue weighted by molar-refractivity contribution is 5.86. The Bertz CT molecular complexity index is 473. The van der Waals surface area contributed by atoms with E-state index in [-0.39, 0.29) is 0 Å². The Morgan fingerprint density at radius 1 is 1.50 bits per heavy atom. The first-order chi connectivity index (χ1) is 8.50. The van der Waals surface area contributed by atoms with Crippen LogP contribution in [0.5, 0.6) is 5.75 Å². The number of ether oxygens (including phenoxy) is 1. The number of rotatable bonds is 6. The first-order valence-electron chi connectivity index (χ1n) is 5.78. The maximum absolute atomic E-state index is 10.5. The fraction of sp³-hybridized carbons (Fsp3) is 0.267. The Morgan fingerprint density at radius 2 is 2.22 bits per heavy atom. The summed E-state index contributed by atoms with van der Waals surface area (Å²) in [5.74, 6) is -0.236. The second-order valence-electron chi connectivity index (χ2n) is 4.22. The zero-order chi connectivity index (χ0) is 13.5. The van der Waals surface area contributed by atoms with Gasteiger partial charge in [0.1, 0.15) is 5.75 Å². The molecule has 18 heavy (non-hydrogen) atoms. The van der Waals surface area contributed by atoms with E-state index in [0.29, 0.717) is 6.61 Å². The van der Waals surface area contributed by atoms with Gasteiger partial charge in [0, 0.05) is 18.1 Å². The van der Waals surface area contributed by atoms with Gasteiger partial charge in [-0.15, -0.1) is 6.58 Å². The van der Waals surface area contributed by atoms with Crippen molar-refractivity contribution in [2.75, 3.05) is 6.61 Å². The summed E-state index contributed by atoms with van der Waals surface area (Å²) in [6, 6.07) is 5.65. The van der Waals surface area contributed by atoms with Crippen LogP contribution in [0.4, 0.5) is 0 Å². The molecular formula is C15H18O3. The molecular weight excluding hydrogens is 228 g/mol. The maximum atomic E-state index is 10.5. The second kappa shape index (κ2) is 6.64. The molecule has 3 heteroatoms. The Kier molecular flexibility index (Phi) is 5.18. The van der Waals surface area contributed by atoms with E-state index in [1.807, 2.05) is 32.0 Å². The van der Waals surface area contributed by atoms with Crippen LogP contribution in [0.2, 0.25) is 0 Å². The molecule has 0 aliphatic rings. The SMILES string of the molecule is C=C(C)CCOc1c(C)cccc1/C=C/C(=O)O. The summed E-state index contributed by atoms with van der Waals surface area (Å²) >= 11 is 0. The first kappa shape index (κ1) is 14.0. The summed E-state index contributed by atoms with van der Waals surface area (Å²) in [7, 11) is 0. The molecule has 0 fully saturated rings. The first-order valence-corrected chi connectivity index (χ1v) is 5.78. The summed E-state index contributed by atoms with van der Waals surface area (Å²) < 4.78 is 5.71. The predicted octanol–water partition coefficient (Wildman–Crippen LogP) is 3.44. The van der Waals surface area contributed by atoms with Crippen LogP contribution in [-0.2, 0) is 4.79 Å². The average molecular weight is 246 g/mol. The molecule has 0 unspecified atom stereocenters. The van der Waals surface area contributed by atoms with Crippen LogP contribution < -0.4 is 4.74 Å². The number of hydrogen-bond acceptors (Lipinski definition) is 2. The van der Waals surface area contributed by atoms with Gasteiger partial charge in [0.05, 0.1) is 6.61 Å². The lowest BCUT2D eigenvalue weighted by atomic mass is 10.1. The molecule has 0 saturated carbocycles. The number of aliphatic carboxylic acids is 1. The van der Waals surface area contributed by atoms with Gasteiger partial charge in [-0.2, -0.15) is 0 Å². The Balaban J connectivity index is 2.86. The number of benzene rings is 1. The average Bonchev–Trinajstić information content (AvgIpc) is 2.28. The highest BCUT2D eigenvalue weighted by Crippen LogP contribution is 2.25. The third-order valence-corrected chi connectivity index (χ3v) is 2.42. The van der Waals surface area contributed by atoms with Crippen molar-refractivity contribution in [1.82, 2.24) is 0 Å². The molecule has 0 radical (unpaired) electrons. The smallest absolute Gasteiger partial charge is 0.328 e. The maximum Gasteiger partial charge on any atom is 0.328 e. The third-order valence-electron chi connectivity index (χ3n) is 2.42. The van der Waals surface area contributed by atoms with Gasteiger partial charge in [0.15, 0.2) is 0 Å². The van der Waals surface area contributed by atoms with Crippen molar-refractivity contribution < 1.29 is 14.6 Å². The normalized spacial score (nSPS) is 10.6. The summed E-state index contributed by atoms with van der Waals surface area (Å²) in [5, 5.41) is 8.64. The van der Waals surface area contributed by atoms with E-state index in [4.69, 9.17) is 9.84 Å². The van der Waals surface area contributed by atoms with E-state index in [1.54, 1.807) is 6.08 Å². The van der Waals surface area contributed by atoms with Crippen molar-refractivity contribution in [3.05, 3.63) is 47.6 Å². The molecule has 0 atom stereocenters. The van der Waals surface area contributed by atoms with Crippen LogP contribution in [0.3, 0.4) is 0 Å². The molecule has 0 bridgehead atoms. The highest BCUT2D eigenvalue weighted by Gasteiger charge is 2.05. The molecule has 0 amide bonds. The number of aryl methyl sites for hydroxylation is 1. The minimum Gasteiger partial charge on any atom is -0.492 e. The third kappa shape index (κ3) is 4.45. The minimum absolute atomic E-state index is 0.550. The number of para-hydroxylation sites is 1. The Hall–Kier alpha value is -2.03. The number of carboxylic acids is 1. The van der Waals surface area contributed by atoms with Crippen molar-refractivity contribution in [3.63, 3.8) is 0 Å². The molecule has 0 aliphatic carbocycles. The van der Waals surface area contributed by atoms with Crippen molar-refractivity contribution in [1.29, 1.82) is 0 Å². The van der Waals surface area contributed by atoms with Gasteiger partial charge in [0.25, 0.3) is 0 Å². The molecule has 3 nitrogen and oxygen atoms in total. The molecule has 1 aromatic rings. The molecule has 1 rings (SSSR count). The minimum atomic E-state index is -0.968. The standard InChI is InChI=1S/C15H18O3/c1-11(2)9-10-18-15-12(3)5-4-6-13(15)7-8-14(16)17/h4-8H,1,9-10H2,2-3H3,(H,16,17)/b8-7+. The lowest BCUT2D eigenvalue weighted by molar-refractivity contribution is -0.131. The van der Waals surface area contributed by atoms with Crippen molar-refractivity contribution >= 4 is 12.0 Å². The van der Waals surface area contributed by atoms with Gasteiger partial charge in [-0.1, -0.05) is 23.8 Å². The van der Waals surface area contributed by atoms with Gasteiger partial charge in [0.2, 0.25) is 0 Å². The fourth-order valence-electron chi connectivity index (χ4n) is 1.49. The molecule has 0 heterocycles. The molecule has 0 aliphatic heterocycles. The summed E-state index contributed by atoms with van der Waals surface area (Å²) in [6.45, 7) is 8.26. The highest BCUT2D eigenvalue weighted by atomic mass is 16.5. The Morgan fingerprint density at radius 3 is 2.83 bits per heavy atom. The van der Waals surface area contributed by atoms with Gasteiger partial charge in [-0.25, -0.2) is 4.79 Å². The van der Waals surface area contributed by atoms with Crippen LogP contribution in [-0.4, -0.2) is 17.7 Å². The summed E-state index contributed by atoms with van der Waals surface area (Å²) in [6.07, 6.45) is 3.45. The van der Waals surface area contributed by atoms with E-state index in [2.05, 4.69) is 6.58 Å². The molecule has 0 aromatic heterocycles. The molecule has 0 saturated heterocycles. The molecule has 1 N–H and O–H groups in total. The quantitative estimate of drug-likeness (QED) is 0.617. The second-order valence-corrected chi connectivity index (χ2v) is 4.22. The monoisotopic (exact) mass is 246 g/mol. The summed E-state index contributed by atoms with van der Waals surface area (Å²) in [5.41, 5.74) is 2.83. The number of carboxylic acid groups (broad SMARTS) is 1. The van der Waals surface area contributed by atoms with Crippen LogP contribution >= 0.6 is 0 Å². The molecule has 1 aromatic carbocycles. The predicted molar refractivity (Wildman–Crippen MR) is 72.8 cm³/mol. The van der Waals surface area contributed by atoms with E-state index in [0.717, 1.165) is 34.9 Å². The van der Waals surface area contributed by atoms with E-state index >= 15 is 0 Å². The largest absolute Gasteiger partial charge is 0.492 e. The fourth-order valence-corrected chi connectivity index (χ4v) is 1.49. The van der Waals surface area contributed by atoms with Crippen LogP contribution in [0.1, 0.15) is 24.5 Å². The molecule has 0 spiro atoms. The molecule has 96 valence electrons. The number of carbonyl (C=O) groups is 1.